The van der Waals surface area contributed by atoms with Crippen LogP contribution in [0.4, 0.5) is 0 Å². The van der Waals surface area contributed by atoms with Gasteiger partial charge in [-0.15, -0.1) is 0 Å². The first kappa shape index (κ1) is 15.5. The van der Waals surface area contributed by atoms with Gasteiger partial charge in [0.25, 0.3) is 0 Å². The van der Waals surface area contributed by atoms with E-state index < -0.39 is 0 Å². The molecule has 0 aromatic heterocycles. The number of rotatable bonds is 7. The maximum absolute atomic E-state index is 12.0. The maximum atomic E-state index is 12.0. The van der Waals surface area contributed by atoms with Crippen LogP contribution in [0.1, 0.15) is 15.9 Å². The summed E-state index contributed by atoms with van der Waals surface area (Å²) >= 11 is 5.86. The maximum Gasteiger partial charge on any atom is 0.200 e. The third kappa shape index (κ3) is 4.88. The molecule has 0 aliphatic carbocycles. The van der Waals surface area contributed by atoms with Crippen LogP contribution < -0.4 is 4.74 Å². The van der Waals surface area contributed by atoms with E-state index in [9.17, 15) is 4.79 Å². The predicted octanol–water partition coefficient (Wildman–Crippen LogP) is 3.79. The van der Waals surface area contributed by atoms with Gasteiger partial charge >= 0.3 is 0 Å². The highest BCUT2D eigenvalue weighted by Gasteiger charge is 2.07. The lowest BCUT2D eigenvalue weighted by Gasteiger charge is -2.07. The van der Waals surface area contributed by atoms with Gasteiger partial charge in [-0.3, -0.25) is 4.79 Å². The molecule has 0 N–H and O–H groups in total. The van der Waals surface area contributed by atoms with Gasteiger partial charge in [0.05, 0.1) is 6.61 Å². The monoisotopic (exact) mass is 304 g/mol. The molecule has 0 bridgehead atoms. The molecule has 0 saturated carbocycles. The van der Waals surface area contributed by atoms with E-state index in [0.717, 1.165) is 6.42 Å². The average Bonchev–Trinajstić information content (AvgIpc) is 2.51. The van der Waals surface area contributed by atoms with Crippen LogP contribution in [0.5, 0.6) is 5.75 Å². The van der Waals surface area contributed by atoms with E-state index in [1.807, 2.05) is 24.3 Å². The molecular formula is C17H17ClO3. The molecule has 2 rings (SSSR count). The summed E-state index contributed by atoms with van der Waals surface area (Å²) in [5.74, 6) is 0.576. The Morgan fingerprint density at radius 3 is 2.57 bits per heavy atom. The Labute approximate surface area is 129 Å². The molecule has 21 heavy (non-hydrogen) atoms. The van der Waals surface area contributed by atoms with Gasteiger partial charge in [-0.1, -0.05) is 35.9 Å². The second-order valence-electron chi connectivity index (χ2n) is 4.61. The summed E-state index contributed by atoms with van der Waals surface area (Å²) in [5.41, 5.74) is 1.73. The molecule has 0 atom stereocenters. The molecule has 4 heteroatoms. The molecule has 0 heterocycles. The van der Waals surface area contributed by atoms with Gasteiger partial charge in [0, 0.05) is 17.7 Å². The van der Waals surface area contributed by atoms with Crippen LogP contribution in [-0.4, -0.2) is 26.1 Å². The number of benzene rings is 2. The van der Waals surface area contributed by atoms with Crippen molar-refractivity contribution in [1.29, 1.82) is 0 Å². The van der Waals surface area contributed by atoms with Gasteiger partial charge in [0.1, 0.15) is 5.75 Å². The third-order valence-electron chi connectivity index (χ3n) is 3.03. The summed E-state index contributed by atoms with van der Waals surface area (Å²) in [7, 11) is 1.68. The molecule has 3 nitrogen and oxygen atoms in total. The number of ketones is 1. The second-order valence-corrected chi connectivity index (χ2v) is 5.05. The smallest absolute Gasteiger partial charge is 0.200 e. The minimum absolute atomic E-state index is 0.00222. The highest BCUT2D eigenvalue weighted by molar-refractivity contribution is 6.31. The normalized spacial score (nSPS) is 10.4. The zero-order chi connectivity index (χ0) is 15.1. The molecule has 0 unspecified atom stereocenters. The molecule has 2 aromatic carbocycles. The number of carbonyl (C=O) groups excluding carboxylic acids is 1. The molecule has 0 spiro atoms. The van der Waals surface area contributed by atoms with Crippen molar-refractivity contribution in [3.8, 4) is 5.75 Å². The summed E-state index contributed by atoms with van der Waals surface area (Å²) in [6, 6.07) is 14.5. The Balaban J connectivity index is 1.89. The second kappa shape index (κ2) is 7.81. The van der Waals surface area contributed by atoms with Gasteiger partial charge in [0.2, 0.25) is 0 Å². The molecule has 0 radical (unpaired) electrons. The predicted molar refractivity (Wildman–Crippen MR) is 83.3 cm³/mol. The lowest BCUT2D eigenvalue weighted by atomic mass is 10.1. The van der Waals surface area contributed by atoms with E-state index in [1.165, 1.54) is 5.56 Å². The van der Waals surface area contributed by atoms with Crippen LogP contribution >= 0.6 is 11.6 Å². The number of Topliss-reactive ketones (excluding diaryl/α,β-unsaturated/α-hetero) is 1. The number of hydrogen-bond acceptors (Lipinski definition) is 3. The van der Waals surface area contributed by atoms with Crippen molar-refractivity contribution >= 4 is 17.4 Å². The third-order valence-corrected chi connectivity index (χ3v) is 3.27. The van der Waals surface area contributed by atoms with Crippen LogP contribution in [0.3, 0.4) is 0 Å². The SMILES string of the molecule is COCCc1ccc(OCC(=O)c2cccc(Cl)c2)cc1. The van der Waals surface area contributed by atoms with Gasteiger partial charge < -0.3 is 9.47 Å². The van der Waals surface area contributed by atoms with E-state index in [-0.39, 0.29) is 12.4 Å². The van der Waals surface area contributed by atoms with Crippen LogP contribution in [-0.2, 0) is 11.2 Å². The summed E-state index contributed by atoms with van der Waals surface area (Å²) in [6.07, 6.45) is 0.859. The Morgan fingerprint density at radius 1 is 1.14 bits per heavy atom. The van der Waals surface area contributed by atoms with Crippen molar-refractivity contribution in [2.75, 3.05) is 20.3 Å². The summed E-state index contributed by atoms with van der Waals surface area (Å²) < 4.78 is 10.5. The summed E-state index contributed by atoms with van der Waals surface area (Å²) in [4.78, 5) is 12.0. The fraction of sp³-hybridized carbons (Fsp3) is 0.235. The molecular weight excluding hydrogens is 288 g/mol. The number of carbonyl (C=O) groups is 1. The fourth-order valence-corrected chi connectivity index (χ4v) is 2.06. The van der Waals surface area contributed by atoms with Crippen molar-refractivity contribution in [3.63, 3.8) is 0 Å². The molecule has 0 fully saturated rings. The first-order valence-electron chi connectivity index (χ1n) is 6.68. The quantitative estimate of drug-likeness (QED) is 0.730. The summed E-state index contributed by atoms with van der Waals surface area (Å²) in [5, 5.41) is 0.545. The Bertz CT molecular complexity index is 593. The van der Waals surface area contributed by atoms with E-state index in [2.05, 4.69) is 0 Å². The Kier molecular flexibility index (Phi) is 5.78. The van der Waals surface area contributed by atoms with Crippen molar-refractivity contribution < 1.29 is 14.3 Å². The highest BCUT2D eigenvalue weighted by atomic mass is 35.5. The number of hydrogen-bond donors (Lipinski definition) is 0. The zero-order valence-corrected chi connectivity index (χ0v) is 12.6. The van der Waals surface area contributed by atoms with Crippen molar-refractivity contribution in [2.24, 2.45) is 0 Å². The average molecular weight is 305 g/mol. The molecule has 0 amide bonds. The first-order valence-corrected chi connectivity index (χ1v) is 7.06. The first-order chi connectivity index (χ1) is 10.2. The van der Waals surface area contributed by atoms with Gasteiger partial charge in [0.15, 0.2) is 12.4 Å². The van der Waals surface area contributed by atoms with Crippen LogP contribution in [0.15, 0.2) is 48.5 Å². The van der Waals surface area contributed by atoms with Crippen LogP contribution in [0.25, 0.3) is 0 Å². The van der Waals surface area contributed by atoms with Crippen molar-refractivity contribution in [2.45, 2.75) is 6.42 Å². The lowest BCUT2D eigenvalue weighted by Crippen LogP contribution is -2.11. The minimum Gasteiger partial charge on any atom is -0.485 e. The Morgan fingerprint density at radius 2 is 1.90 bits per heavy atom. The standard InChI is InChI=1S/C17H17ClO3/c1-20-10-9-13-5-7-16(8-6-13)21-12-17(19)14-3-2-4-15(18)11-14/h2-8,11H,9-10,12H2,1H3. The lowest BCUT2D eigenvalue weighted by molar-refractivity contribution is 0.0921. The largest absolute Gasteiger partial charge is 0.485 e. The van der Waals surface area contributed by atoms with E-state index in [1.54, 1.807) is 31.4 Å². The van der Waals surface area contributed by atoms with E-state index >= 15 is 0 Å². The zero-order valence-electron chi connectivity index (χ0n) is 11.8. The minimum atomic E-state index is -0.0963. The van der Waals surface area contributed by atoms with Crippen molar-refractivity contribution in [3.05, 3.63) is 64.7 Å². The highest BCUT2D eigenvalue weighted by Crippen LogP contribution is 2.15. The Hall–Kier alpha value is -1.84. The van der Waals surface area contributed by atoms with Gasteiger partial charge in [-0.25, -0.2) is 0 Å². The molecule has 110 valence electrons. The molecule has 0 aliphatic heterocycles. The van der Waals surface area contributed by atoms with Gasteiger partial charge in [-0.2, -0.15) is 0 Å². The molecule has 0 saturated heterocycles. The van der Waals surface area contributed by atoms with E-state index in [0.29, 0.717) is 22.9 Å². The topological polar surface area (TPSA) is 35.5 Å². The summed E-state index contributed by atoms with van der Waals surface area (Å²) in [6.45, 7) is 0.686. The number of methoxy groups -OCH3 is 1. The van der Waals surface area contributed by atoms with Crippen LogP contribution in [0.2, 0.25) is 5.02 Å². The molecule has 2 aromatic rings. The fourth-order valence-electron chi connectivity index (χ4n) is 1.87. The molecule has 0 aliphatic rings. The number of halogens is 1. The van der Waals surface area contributed by atoms with Crippen LogP contribution in [0, 0.1) is 0 Å². The van der Waals surface area contributed by atoms with E-state index in [4.69, 9.17) is 21.1 Å². The van der Waals surface area contributed by atoms with Gasteiger partial charge in [-0.05, 0) is 36.2 Å². The number of ether oxygens (including phenoxy) is 2. The van der Waals surface area contributed by atoms with Crippen molar-refractivity contribution in [1.82, 2.24) is 0 Å².